The quantitative estimate of drug-likeness (QED) is 0.893. The second-order valence-corrected chi connectivity index (χ2v) is 6.49. The van der Waals surface area contributed by atoms with Crippen LogP contribution in [0.25, 0.3) is 0 Å². The minimum Gasteiger partial charge on any atom is -0.352 e. The van der Waals surface area contributed by atoms with E-state index in [-0.39, 0.29) is 0 Å². The molecule has 0 radical (unpaired) electrons. The van der Waals surface area contributed by atoms with Crippen LogP contribution in [0.2, 0.25) is 4.34 Å². The molecule has 1 aliphatic heterocycles. The number of carbonyl (C=O) groups excluding carboxylic acids is 1. The molecule has 1 aromatic rings. The summed E-state index contributed by atoms with van der Waals surface area (Å²) >= 11 is 7.56. The minimum absolute atomic E-state index is 0.433. The van der Waals surface area contributed by atoms with Crippen molar-refractivity contribution in [3.8, 4) is 0 Å². The average molecular weight is 288 g/mol. The molecule has 2 amide bonds. The van der Waals surface area contributed by atoms with Crippen LogP contribution in [0.15, 0.2) is 12.1 Å². The Hall–Kier alpha value is -0.780. The van der Waals surface area contributed by atoms with Crippen LogP contribution in [-0.2, 0) is 6.54 Å². The number of nitrogens with two attached hydrogens (primary N) is 1. The lowest BCUT2D eigenvalue weighted by Crippen LogP contribution is -2.41. The Labute approximate surface area is 116 Å². The van der Waals surface area contributed by atoms with Gasteiger partial charge in [0, 0.05) is 24.5 Å². The number of carbonyl (C=O) groups is 1. The number of nitrogens with zero attached hydrogens (tertiary/aromatic N) is 1. The molecular formula is C12H18ClN3OS. The van der Waals surface area contributed by atoms with E-state index in [9.17, 15) is 4.79 Å². The van der Waals surface area contributed by atoms with Crippen molar-refractivity contribution in [3.05, 3.63) is 21.3 Å². The molecule has 1 aromatic heterocycles. The molecule has 3 N–H and O–H groups in total. The zero-order chi connectivity index (χ0) is 13.0. The van der Waals surface area contributed by atoms with Crippen LogP contribution in [0, 0.1) is 5.92 Å². The van der Waals surface area contributed by atoms with Gasteiger partial charge >= 0.3 is 6.03 Å². The highest BCUT2D eigenvalue weighted by atomic mass is 35.5. The van der Waals surface area contributed by atoms with Crippen molar-refractivity contribution in [3.63, 3.8) is 0 Å². The van der Waals surface area contributed by atoms with Crippen molar-refractivity contribution < 1.29 is 4.79 Å². The van der Waals surface area contributed by atoms with Crippen LogP contribution < -0.4 is 11.1 Å². The van der Waals surface area contributed by atoms with Crippen molar-refractivity contribution in [1.29, 1.82) is 0 Å². The van der Waals surface area contributed by atoms with E-state index in [1.807, 2.05) is 6.07 Å². The van der Waals surface area contributed by atoms with Gasteiger partial charge in [-0.15, -0.1) is 11.3 Å². The molecule has 0 bridgehead atoms. The third-order valence-corrected chi connectivity index (χ3v) is 4.39. The predicted octanol–water partition coefficient (Wildman–Crippen LogP) is 2.28. The number of likely N-dealkylation sites (tertiary alicyclic amines) is 1. The number of hydrogen-bond donors (Lipinski definition) is 2. The van der Waals surface area contributed by atoms with Gasteiger partial charge in [0.25, 0.3) is 0 Å². The summed E-state index contributed by atoms with van der Waals surface area (Å²) in [6.45, 7) is 3.75. The maximum Gasteiger partial charge on any atom is 0.312 e. The van der Waals surface area contributed by atoms with Gasteiger partial charge in [0.2, 0.25) is 0 Å². The fourth-order valence-corrected chi connectivity index (χ4v) is 3.49. The molecule has 1 aliphatic rings. The largest absolute Gasteiger partial charge is 0.352 e. The van der Waals surface area contributed by atoms with Crippen LogP contribution in [0.3, 0.4) is 0 Å². The van der Waals surface area contributed by atoms with Crippen molar-refractivity contribution in [2.45, 2.75) is 19.4 Å². The Bertz CT molecular complexity index is 410. The smallest absolute Gasteiger partial charge is 0.312 e. The summed E-state index contributed by atoms with van der Waals surface area (Å²) in [5.74, 6) is 0.502. The number of urea groups is 1. The molecule has 0 aliphatic carbocycles. The van der Waals surface area contributed by atoms with Gasteiger partial charge in [-0.05, 0) is 37.4 Å². The van der Waals surface area contributed by atoms with E-state index >= 15 is 0 Å². The molecule has 100 valence electrons. The summed E-state index contributed by atoms with van der Waals surface area (Å²) in [6, 6.07) is 3.59. The van der Waals surface area contributed by atoms with Crippen molar-refractivity contribution in [1.82, 2.24) is 10.2 Å². The lowest BCUT2D eigenvalue weighted by Gasteiger charge is -2.32. The van der Waals surface area contributed by atoms with Gasteiger partial charge in [0.15, 0.2) is 0 Å². The Kier molecular flexibility index (Phi) is 4.86. The van der Waals surface area contributed by atoms with Gasteiger partial charge < -0.3 is 11.1 Å². The van der Waals surface area contributed by atoms with Crippen LogP contribution in [0.4, 0.5) is 4.79 Å². The molecule has 0 unspecified atom stereocenters. The standard InChI is InChI=1S/C12H18ClN3OS/c13-11-4-3-10(18-11)8-16-5-1-2-9(7-16)6-15-12(14)17/h3-4,9H,1-2,5-8H2,(H3,14,15,17)/t9-/m0/s1. The molecule has 0 aromatic carbocycles. The Morgan fingerprint density at radius 2 is 2.44 bits per heavy atom. The first-order valence-electron chi connectivity index (χ1n) is 6.13. The van der Waals surface area contributed by atoms with Crippen LogP contribution in [0.5, 0.6) is 0 Å². The summed E-state index contributed by atoms with van der Waals surface area (Å²) in [7, 11) is 0. The van der Waals surface area contributed by atoms with Crippen molar-refractivity contribution in [2.24, 2.45) is 11.7 Å². The maximum absolute atomic E-state index is 10.7. The van der Waals surface area contributed by atoms with E-state index in [0.29, 0.717) is 12.5 Å². The summed E-state index contributed by atoms with van der Waals surface area (Å²) in [5.41, 5.74) is 5.09. The van der Waals surface area contributed by atoms with E-state index in [1.165, 1.54) is 11.3 Å². The van der Waals surface area contributed by atoms with Gasteiger partial charge in [-0.25, -0.2) is 4.79 Å². The Morgan fingerprint density at radius 3 is 3.11 bits per heavy atom. The zero-order valence-electron chi connectivity index (χ0n) is 10.2. The van der Waals surface area contributed by atoms with E-state index in [4.69, 9.17) is 17.3 Å². The summed E-state index contributed by atoms with van der Waals surface area (Å²) < 4.78 is 0.842. The summed E-state index contributed by atoms with van der Waals surface area (Å²) in [6.07, 6.45) is 2.33. The third kappa shape index (κ3) is 4.15. The normalized spacial score (nSPS) is 20.8. The fraction of sp³-hybridized carbons (Fsp3) is 0.583. The van der Waals surface area contributed by atoms with E-state index in [2.05, 4.69) is 16.3 Å². The zero-order valence-corrected chi connectivity index (χ0v) is 11.8. The average Bonchev–Trinajstić information content (AvgIpc) is 2.73. The number of primary amides is 1. The van der Waals surface area contributed by atoms with Gasteiger partial charge in [-0.1, -0.05) is 11.6 Å². The molecule has 1 fully saturated rings. The summed E-state index contributed by atoms with van der Waals surface area (Å²) in [4.78, 5) is 14.4. The monoisotopic (exact) mass is 287 g/mol. The number of rotatable bonds is 4. The maximum atomic E-state index is 10.7. The molecule has 18 heavy (non-hydrogen) atoms. The first-order valence-corrected chi connectivity index (χ1v) is 7.33. The van der Waals surface area contributed by atoms with E-state index in [1.54, 1.807) is 11.3 Å². The van der Waals surface area contributed by atoms with Crippen LogP contribution >= 0.6 is 22.9 Å². The molecular weight excluding hydrogens is 270 g/mol. The molecule has 2 heterocycles. The Morgan fingerprint density at radius 1 is 1.61 bits per heavy atom. The lowest BCUT2D eigenvalue weighted by atomic mass is 9.98. The summed E-state index contributed by atoms with van der Waals surface area (Å²) in [5, 5.41) is 2.70. The third-order valence-electron chi connectivity index (χ3n) is 3.18. The lowest BCUT2D eigenvalue weighted by molar-refractivity contribution is 0.167. The Balaban J connectivity index is 1.81. The first-order chi connectivity index (χ1) is 8.63. The number of amides is 2. The highest BCUT2D eigenvalue weighted by Gasteiger charge is 2.20. The van der Waals surface area contributed by atoms with E-state index in [0.717, 1.165) is 30.4 Å². The number of nitrogens with one attached hydrogen (secondary N) is 1. The van der Waals surface area contributed by atoms with Gasteiger partial charge in [0.1, 0.15) is 0 Å². The molecule has 6 heteroatoms. The number of hydrogen-bond acceptors (Lipinski definition) is 3. The second kappa shape index (κ2) is 6.41. The van der Waals surface area contributed by atoms with Gasteiger partial charge in [-0.2, -0.15) is 0 Å². The molecule has 1 saturated heterocycles. The molecule has 0 spiro atoms. The first kappa shape index (κ1) is 13.6. The SMILES string of the molecule is NC(=O)NC[C@@H]1CCCN(Cc2ccc(Cl)s2)C1. The van der Waals surface area contributed by atoms with Crippen molar-refractivity contribution in [2.75, 3.05) is 19.6 Å². The number of thiophene rings is 1. The predicted molar refractivity (Wildman–Crippen MR) is 74.9 cm³/mol. The van der Waals surface area contributed by atoms with Crippen LogP contribution in [0.1, 0.15) is 17.7 Å². The van der Waals surface area contributed by atoms with Crippen molar-refractivity contribution >= 4 is 29.0 Å². The van der Waals surface area contributed by atoms with Crippen LogP contribution in [-0.4, -0.2) is 30.6 Å². The van der Waals surface area contributed by atoms with E-state index < -0.39 is 6.03 Å². The van der Waals surface area contributed by atoms with Gasteiger partial charge in [-0.3, -0.25) is 4.90 Å². The topological polar surface area (TPSA) is 58.4 Å². The molecule has 0 saturated carbocycles. The highest BCUT2D eigenvalue weighted by molar-refractivity contribution is 7.16. The molecule has 4 nitrogen and oxygen atoms in total. The number of piperidine rings is 1. The minimum atomic E-state index is -0.433. The molecule has 2 rings (SSSR count). The number of halogens is 1. The fourth-order valence-electron chi connectivity index (χ4n) is 2.36. The second-order valence-electron chi connectivity index (χ2n) is 4.69. The van der Waals surface area contributed by atoms with Gasteiger partial charge in [0.05, 0.1) is 4.34 Å². The highest BCUT2D eigenvalue weighted by Crippen LogP contribution is 2.24. The molecule has 1 atom stereocenters.